The topological polar surface area (TPSA) is 102 Å². The van der Waals surface area contributed by atoms with Gasteiger partial charge in [0.25, 0.3) is 0 Å². The highest BCUT2D eigenvalue weighted by atomic mass is 16.6. The summed E-state index contributed by atoms with van der Waals surface area (Å²) >= 11 is 0. The van der Waals surface area contributed by atoms with E-state index in [1.165, 1.54) is 116 Å². The highest BCUT2D eigenvalue weighted by Crippen LogP contribution is 2.14. The predicted octanol–water partition coefficient (Wildman–Crippen LogP) is 10.7. The lowest BCUT2D eigenvalue weighted by Crippen LogP contribution is -2.55. The van der Waals surface area contributed by atoms with Crippen molar-refractivity contribution in [2.24, 2.45) is 0 Å². The molecule has 0 bridgehead atoms. The van der Waals surface area contributed by atoms with E-state index in [4.69, 9.17) is 14.2 Å². The maximum Gasteiger partial charge on any atom is 0.306 e. The van der Waals surface area contributed by atoms with E-state index >= 15 is 0 Å². The standard InChI is InChI=1S/C46H85NO7/c1-6-8-10-12-14-16-18-20-21-22-23-25-27-29-31-33-35-37-45(49)54-42(40-52-39-38-43(46(50)51)47(3,4)5)41-53-44(48)36-34-32-30-28-26-24-19-17-15-13-11-9-7-2/h17,19-21,42-43H,6-16,18,22-41H2,1-5H3/b19-17-,21-20-. The molecule has 0 spiro atoms. The number of carbonyl (C=O) groups excluding carboxylic acids is 3. The Morgan fingerprint density at radius 3 is 1.35 bits per heavy atom. The van der Waals surface area contributed by atoms with Crippen LogP contribution in [0.25, 0.3) is 0 Å². The molecule has 0 aromatic heterocycles. The van der Waals surface area contributed by atoms with E-state index < -0.39 is 18.1 Å². The third kappa shape index (κ3) is 35.5. The summed E-state index contributed by atoms with van der Waals surface area (Å²) in [6, 6.07) is -0.725. The second-order valence-corrected chi connectivity index (χ2v) is 16.3. The van der Waals surface area contributed by atoms with Crippen molar-refractivity contribution in [3.63, 3.8) is 0 Å². The predicted molar refractivity (Wildman–Crippen MR) is 222 cm³/mol. The van der Waals surface area contributed by atoms with E-state index in [0.29, 0.717) is 12.8 Å². The van der Waals surface area contributed by atoms with Gasteiger partial charge in [-0.2, -0.15) is 0 Å². The van der Waals surface area contributed by atoms with E-state index in [1.807, 2.05) is 0 Å². The number of allylic oxidation sites excluding steroid dienone is 4. The molecule has 0 amide bonds. The molecule has 316 valence electrons. The van der Waals surface area contributed by atoms with Crippen LogP contribution in [0.1, 0.15) is 200 Å². The lowest BCUT2D eigenvalue weighted by molar-refractivity contribution is -0.889. The van der Waals surface area contributed by atoms with Crippen molar-refractivity contribution in [1.82, 2.24) is 0 Å². The highest BCUT2D eigenvalue weighted by molar-refractivity contribution is 5.70. The monoisotopic (exact) mass is 764 g/mol. The van der Waals surface area contributed by atoms with E-state index in [2.05, 4.69) is 38.2 Å². The normalized spacial score (nSPS) is 13.1. The highest BCUT2D eigenvalue weighted by Gasteiger charge is 2.25. The molecular weight excluding hydrogens is 679 g/mol. The summed E-state index contributed by atoms with van der Waals surface area (Å²) < 4.78 is 17.2. The first-order chi connectivity index (χ1) is 26.1. The van der Waals surface area contributed by atoms with E-state index in [-0.39, 0.29) is 42.7 Å². The zero-order valence-corrected chi connectivity index (χ0v) is 35.9. The summed E-state index contributed by atoms with van der Waals surface area (Å²) in [5.74, 6) is -1.75. The van der Waals surface area contributed by atoms with Crippen molar-refractivity contribution in [1.29, 1.82) is 0 Å². The summed E-state index contributed by atoms with van der Waals surface area (Å²) in [6.07, 6.45) is 40.5. The van der Waals surface area contributed by atoms with Gasteiger partial charge in [-0.1, -0.05) is 141 Å². The molecule has 0 rings (SSSR count). The molecule has 0 N–H and O–H groups in total. The van der Waals surface area contributed by atoms with Crippen molar-refractivity contribution >= 4 is 17.9 Å². The maximum absolute atomic E-state index is 12.7. The molecule has 2 atom stereocenters. The lowest BCUT2D eigenvalue weighted by Gasteiger charge is -2.34. The molecule has 0 aliphatic carbocycles. The Hall–Kier alpha value is -2.19. The van der Waals surface area contributed by atoms with Crippen LogP contribution in [0.2, 0.25) is 0 Å². The fourth-order valence-electron chi connectivity index (χ4n) is 6.53. The molecule has 0 aliphatic heterocycles. The average Bonchev–Trinajstić information content (AvgIpc) is 3.12. The number of ether oxygens (including phenoxy) is 3. The molecule has 0 fully saturated rings. The number of carboxylic acids is 1. The minimum absolute atomic E-state index is 0.0390. The van der Waals surface area contributed by atoms with Crippen molar-refractivity contribution in [3.8, 4) is 0 Å². The van der Waals surface area contributed by atoms with Crippen molar-refractivity contribution in [2.75, 3.05) is 41.0 Å². The van der Waals surface area contributed by atoms with Crippen LogP contribution in [-0.2, 0) is 28.6 Å². The maximum atomic E-state index is 12.7. The van der Waals surface area contributed by atoms with Gasteiger partial charge in [-0.15, -0.1) is 0 Å². The molecule has 8 heteroatoms. The zero-order valence-electron chi connectivity index (χ0n) is 35.9. The minimum Gasteiger partial charge on any atom is -0.544 e. The molecule has 0 saturated heterocycles. The molecule has 0 aliphatic rings. The Kier molecular flexibility index (Phi) is 36.2. The van der Waals surface area contributed by atoms with E-state index in [1.54, 1.807) is 21.1 Å². The van der Waals surface area contributed by atoms with Crippen LogP contribution in [0.3, 0.4) is 0 Å². The van der Waals surface area contributed by atoms with Gasteiger partial charge in [-0.3, -0.25) is 9.59 Å². The summed E-state index contributed by atoms with van der Waals surface area (Å²) in [4.78, 5) is 36.8. The second-order valence-electron chi connectivity index (χ2n) is 16.3. The van der Waals surface area contributed by atoms with Gasteiger partial charge in [0.15, 0.2) is 6.10 Å². The molecular formula is C46H85NO7. The third-order valence-electron chi connectivity index (χ3n) is 10.1. The minimum atomic E-state index is -1.13. The number of carbonyl (C=O) groups is 3. The largest absolute Gasteiger partial charge is 0.544 e. The number of unbranched alkanes of at least 4 members (excludes halogenated alkanes) is 22. The number of quaternary nitrogens is 1. The Labute approximate surface area is 332 Å². The zero-order chi connectivity index (χ0) is 40.0. The number of nitrogens with zero attached hydrogens (tertiary/aromatic N) is 1. The first kappa shape index (κ1) is 51.8. The summed E-state index contributed by atoms with van der Waals surface area (Å²) in [5.41, 5.74) is 0. The number of rotatable bonds is 40. The van der Waals surface area contributed by atoms with Crippen molar-refractivity contribution < 1.29 is 38.2 Å². The molecule has 0 heterocycles. The second kappa shape index (κ2) is 37.7. The Balaban J connectivity index is 4.34. The fraction of sp³-hybridized carbons (Fsp3) is 0.848. The van der Waals surface area contributed by atoms with Crippen molar-refractivity contribution in [3.05, 3.63) is 24.3 Å². The van der Waals surface area contributed by atoms with Gasteiger partial charge in [0.05, 0.1) is 40.3 Å². The number of carboxylic acid groups (broad SMARTS) is 1. The van der Waals surface area contributed by atoms with Crippen molar-refractivity contribution in [2.45, 2.75) is 212 Å². The Bertz CT molecular complexity index is 942. The van der Waals surface area contributed by atoms with Crippen LogP contribution >= 0.6 is 0 Å². The van der Waals surface area contributed by atoms with Gasteiger partial charge >= 0.3 is 11.9 Å². The van der Waals surface area contributed by atoms with Gasteiger partial charge in [0.1, 0.15) is 12.6 Å². The Morgan fingerprint density at radius 1 is 0.537 bits per heavy atom. The molecule has 0 radical (unpaired) electrons. The average molecular weight is 764 g/mol. The van der Waals surface area contributed by atoms with Gasteiger partial charge in [-0.25, -0.2) is 0 Å². The number of aliphatic carboxylic acids is 1. The first-order valence-electron chi connectivity index (χ1n) is 22.4. The summed E-state index contributed by atoms with van der Waals surface area (Å²) in [6.45, 7) is 4.64. The van der Waals surface area contributed by atoms with Crippen LogP contribution in [-0.4, -0.2) is 75.5 Å². The van der Waals surface area contributed by atoms with E-state index in [9.17, 15) is 19.5 Å². The summed E-state index contributed by atoms with van der Waals surface area (Å²) in [7, 11) is 5.41. The molecule has 2 unspecified atom stereocenters. The Morgan fingerprint density at radius 2 is 0.926 bits per heavy atom. The summed E-state index contributed by atoms with van der Waals surface area (Å²) in [5, 5.41) is 11.6. The van der Waals surface area contributed by atoms with Crippen LogP contribution in [0.15, 0.2) is 24.3 Å². The SMILES string of the molecule is CCCCCC/C=C\CCCCCCCC(=O)OCC(COCCC(C(=O)[O-])[N+](C)(C)C)OC(=O)CCCCCCCCC/C=C\CCCCCCCC. The molecule has 8 nitrogen and oxygen atoms in total. The molecule has 0 saturated carbocycles. The van der Waals surface area contributed by atoms with E-state index in [0.717, 1.165) is 51.4 Å². The fourth-order valence-corrected chi connectivity index (χ4v) is 6.53. The van der Waals surface area contributed by atoms with Gasteiger partial charge in [0, 0.05) is 19.3 Å². The number of hydrogen-bond donors (Lipinski definition) is 0. The van der Waals surface area contributed by atoms with Crippen LogP contribution in [0, 0.1) is 0 Å². The number of hydrogen-bond acceptors (Lipinski definition) is 7. The van der Waals surface area contributed by atoms with Crippen LogP contribution in [0.4, 0.5) is 0 Å². The lowest BCUT2D eigenvalue weighted by atomic mass is 10.1. The quantitative estimate of drug-likeness (QED) is 0.0265. The van der Waals surface area contributed by atoms with Crippen LogP contribution < -0.4 is 5.11 Å². The number of esters is 2. The third-order valence-corrected chi connectivity index (χ3v) is 10.1. The molecule has 54 heavy (non-hydrogen) atoms. The molecule has 0 aromatic carbocycles. The van der Waals surface area contributed by atoms with Gasteiger partial charge in [-0.05, 0) is 64.2 Å². The molecule has 0 aromatic rings. The number of likely N-dealkylation sites (N-methyl/N-ethyl adjacent to an activating group) is 1. The van der Waals surface area contributed by atoms with Crippen LogP contribution in [0.5, 0.6) is 0 Å². The first-order valence-corrected chi connectivity index (χ1v) is 22.4. The van der Waals surface area contributed by atoms with Gasteiger partial charge in [0.2, 0.25) is 0 Å². The smallest absolute Gasteiger partial charge is 0.306 e. The van der Waals surface area contributed by atoms with Gasteiger partial charge < -0.3 is 28.6 Å².